The predicted octanol–water partition coefficient (Wildman–Crippen LogP) is 2.81. The van der Waals surface area contributed by atoms with Crippen LogP contribution in [0.25, 0.3) is 6.08 Å². The summed E-state index contributed by atoms with van der Waals surface area (Å²) in [6, 6.07) is 5.81. The highest BCUT2D eigenvalue weighted by atomic mass is 19.1. The number of ether oxygens (including phenoxy) is 1. The molecule has 0 aliphatic heterocycles. The Morgan fingerprint density at radius 3 is 2.73 bits per heavy atom. The van der Waals surface area contributed by atoms with Crippen molar-refractivity contribution < 1.29 is 18.7 Å². The minimum absolute atomic E-state index is 0.280. The Morgan fingerprint density at radius 1 is 1.41 bits per heavy atom. The van der Waals surface area contributed by atoms with Gasteiger partial charge in [-0.1, -0.05) is 24.3 Å². The summed E-state index contributed by atoms with van der Waals surface area (Å²) in [6.45, 7) is 8.04. The largest absolute Gasteiger partial charge is 0.452 e. The average molecular weight is 305 g/mol. The number of benzene rings is 1. The van der Waals surface area contributed by atoms with Gasteiger partial charge in [0.25, 0.3) is 5.91 Å². The number of halogens is 1. The molecule has 0 aromatic heterocycles. The van der Waals surface area contributed by atoms with Gasteiger partial charge in [-0.15, -0.1) is 0 Å². The van der Waals surface area contributed by atoms with Gasteiger partial charge in [0, 0.05) is 19.2 Å². The van der Waals surface area contributed by atoms with E-state index >= 15 is 0 Å². The zero-order chi connectivity index (χ0) is 16.5. The lowest BCUT2D eigenvalue weighted by Gasteiger charge is -2.20. The molecule has 1 amide bonds. The van der Waals surface area contributed by atoms with Gasteiger partial charge in [-0.05, 0) is 37.6 Å². The molecule has 22 heavy (non-hydrogen) atoms. The summed E-state index contributed by atoms with van der Waals surface area (Å²) in [6.07, 6.45) is 2.60. The Labute approximate surface area is 129 Å². The predicted molar refractivity (Wildman–Crippen MR) is 83.5 cm³/mol. The Morgan fingerprint density at radius 2 is 2.14 bits per heavy atom. The third-order valence-corrected chi connectivity index (χ3v) is 2.79. The smallest absolute Gasteiger partial charge is 0.331 e. The molecular weight excluding hydrogens is 285 g/mol. The highest BCUT2D eigenvalue weighted by molar-refractivity contribution is 5.89. The SMILES string of the molecule is C=C(C)CN(CC)C(=O)COC(=O)/C=C/c1cccc(F)c1. The van der Waals surface area contributed by atoms with Gasteiger partial charge in [-0.3, -0.25) is 4.79 Å². The fourth-order valence-electron chi connectivity index (χ4n) is 1.75. The van der Waals surface area contributed by atoms with E-state index in [-0.39, 0.29) is 18.3 Å². The normalized spacial score (nSPS) is 10.5. The number of carbonyl (C=O) groups excluding carboxylic acids is 2. The molecule has 0 spiro atoms. The second-order valence-electron chi connectivity index (χ2n) is 4.86. The first-order valence-corrected chi connectivity index (χ1v) is 6.95. The number of hydrogen-bond donors (Lipinski definition) is 0. The number of carbonyl (C=O) groups is 2. The number of esters is 1. The van der Waals surface area contributed by atoms with Gasteiger partial charge in [0.05, 0.1) is 0 Å². The molecular formula is C17H20FNO3. The first-order chi connectivity index (χ1) is 10.4. The Hall–Kier alpha value is -2.43. The number of amides is 1. The lowest BCUT2D eigenvalue weighted by Crippen LogP contribution is -2.35. The van der Waals surface area contributed by atoms with Crippen molar-refractivity contribution in [2.45, 2.75) is 13.8 Å². The van der Waals surface area contributed by atoms with Gasteiger partial charge in [-0.25, -0.2) is 9.18 Å². The van der Waals surface area contributed by atoms with Crippen LogP contribution in [0.1, 0.15) is 19.4 Å². The van der Waals surface area contributed by atoms with Crippen molar-refractivity contribution in [2.75, 3.05) is 19.7 Å². The van der Waals surface area contributed by atoms with Crippen LogP contribution in [0.2, 0.25) is 0 Å². The van der Waals surface area contributed by atoms with Gasteiger partial charge in [0.15, 0.2) is 6.61 Å². The molecule has 0 unspecified atom stereocenters. The summed E-state index contributed by atoms with van der Waals surface area (Å²) in [5.74, 6) is -1.31. The monoisotopic (exact) mass is 305 g/mol. The van der Waals surface area contributed by atoms with Crippen LogP contribution < -0.4 is 0 Å². The van der Waals surface area contributed by atoms with Crippen LogP contribution in [-0.2, 0) is 14.3 Å². The molecule has 0 saturated heterocycles. The minimum atomic E-state index is -0.649. The van der Waals surface area contributed by atoms with E-state index in [4.69, 9.17) is 4.74 Å². The number of likely N-dealkylation sites (N-methyl/N-ethyl adjacent to an activating group) is 1. The quantitative estimate of drug-likeness (QED) is 0.442. The molecule has 118 valence electrons. The Kier molecular flexibility index (Phi) is 7.02. The van der Waals surface area contributed by atoms with Gasteiger partial charge in [0.1, 0.15) is 5.82 Å². The van der Waals surface area contributed by atoms with E-state index in [2.05, 4.69) is 6.58 Å². The first-order valence-electron chi connectivity index (χ1n) is 6.95. The van der Waals surface area contributed by atoms with E-state index in [1.54, 1.807) is 17.0 Å². The molecule has 0 fully saturated rings. The molecule has 0 heterocycles. The molecule has 0 aliphatic carbocycles. The van der Waals surface area contributed by atoms with Crippen LogP contribution in [-0.4, -0.2) is 36.5 Å². The number of hydrogen-bond acceptors (Lipinski definition) is 3. The van der Waals surface area contributed by atoms with Crippen molar-refractivity contribution in [3.8, 4) is 0 Å². The molecule has 5 heteroatoms. The van der Waals surface area contributed by atoms with Gasteiger partial charge in [-0.2, -0.15) is 0 Å². The zero-order valence-electron chi connectivity index (χ0n) is 12.8. The van der Waals surface area contributed by atoms with E-state index in [1.807, 2.05) is 13.8 Å². The fourth-order valence-corrected chi connectivity index (χ4v) is 1.75. The van der Waals surface area contributed by atoms with Crippen LogP contribution in [0.4, 0.5) is 4.39 Å². The second-order valence-corrected chi connectivity index (χ2v) is 4.86. The van der Waals surface area contributed by atoms with E-state index in [0.717, 1.165) is 11.6 Å². The standard InChI is InChI=1S/C17H20FNO3/c1-4-19(11-13(2)3)16(20)12-22-17(21)9-8-14-6-5-7-15(18)10-14/h5-10H,2,4,11-12H2,1,3H3/b9-8+. The van der Waals surface area contributed by atoms with Crippen molar-refractivity contribution >= 4 is 18.0 Å². The lowest BCUT2D eigenvalue weighted by molar-refractivity contribution is -0.147. The molecule has 0 radical (unpaired) electrons. The summed E-state index contributed by atoms with van der Waals surface area (Å²) in [4.78, 5) is 25.0. The summed E-state index contributed by atoms with van der Waals surface area (Å²) >= 11 is 0. The Balaban J connectivity index is 2.48. The second kappa shape index (κ2) is 8.77. The molecule has 0 aliphatic rings. The number of rotatable bonds is 7. The minimum Gasteiger partial charge on any atom is -0.452 e. The molecule has 0 N–H and O–H groups in total. The van der Waals surface area contributed by atoms with Crippen molar-refractivity contribution in [3.63, 3.8) is 0 Å². The van der Waals surface area contributed by atoms with Crippen molar-refractivity contribution in [1.82, 2.24) is 4.90 Å². The van der Waals surface area contributed by atoms with Gasteiger partial charge < -0.3 is 9.64 Å². The first kappa shape index (κ1) is 17.6. The molecule has 0 bridgehead atoms. The van der Waals surface area contributed by atoms with E-state index < -0.39 is 5.97 Å². The fraction of sp³-hybridized carbons (Fsp3) is 0.294. The van der Waals surface area contributed by atoms with E-state index in [9.17, 15) is 14.0 Å². The van der Waals surface area contributed by atoms with Crippen LogP contribution in [0, 0.1) is 5.82 Å². The van der Waals surface area contributed by atoms with Crippen molar-refractivity contribution in [2.24, 2.45) is 0 Å². The molecule has 1 aromatic rings. The van der Waals surface area contributed by atoms with Crippen molar-refractivity contribution in [1.29, 1.82) is 0 Å². The summed E-state index contributed by atoms with van der Waals surface area (Å²) in [5.41, 5.74) is 1.40. The zero-order valence-corrected chi connectivity index (χ0v) is 12.8. The third kappa shape index (κ3) is 6.35. The summed E-state index contributed by atoms with van der Waals surface area (Å²) < 4.78 is 17.8. The molecule has 1 rings (SSSR count). The Bertz CT molecular complexity index is 581. The molecule has 4 nitrogen and oxygen atoms in total. The highest BCUT2D eigenvalue weighted by Crippen LogP contribution is 2.05. The maximum absolute atomic E-state index is 13.0. The number of nitrogens with zero attached hydrogens (tertiary/aromatic N) is 1. The molecule has 1 aromatic carbocycles. The van der Waals surface area contributed by atoms with Crippen LogP contribution >= 0.6 is 0 Å². The highest BCUT2D eigenvalue weighted by Gasteiger charge is 2.13. The average Bonchev–Trinajstić information content (AvgIpc) is 2.48. The summed E-state index contributed by atoms with van der Waals surface area (Å²) in [5, 5.41) is 0. The van der Waals surface area contributed by atoms with Gasteiger partial charge >= 0.3 is 5.97 Å². The molecule has 0 saturated carbocycles. The lowest BCUT2D eigenvalue weighted by atomic mass is 10.2. The van der Waals surface area contributed by atoms with Crippen LogP contribution in [0.3, 0.4) is 0 Å². The van der Waals surface area contributed by atoms with Crippen LogP contribution in [0.5, 0.6) is 0 Å². The maximum Gasteiger partial charge on any atom is 0.331 e. The van der Waals surface area contributed by atoms with E-state index in [1.165, 1.54) is 18.2 Å². The van der Waals surface area contributed by atoms with Crippen molar-refractivity contribution in [3.05, 3.63) is 53.9 Å². The van der Waals surface area contributed by atoms with E-state index in [0.29, 0.717) is 18.7 Å². The maximum atomic E-state index is 13.0. The summed E-state index contributed by atoms with van der Waals surface area (Å²) in [7, 11) is 0. The third-order valence-electron chi connectivity index (χ3n) is 2.79. The topological polar surface area (TPSA) is 46.6 Å². The van der Waals surface area contributed by atoms with Crippen LogP contribution in [0.15, 0.2) is 42.5 Å². The van der Waals surface area contributed by atoms with Gasteiger partial charge in [0.2, 0.25) is 0 Å². The molecule has 0 atom stereocenters.